The fourth-order valence-corrected chi connectivity index (χ4v) is 2.06. The Labute approximate surface area is 104 Å². The Kier molecular flexibility index (Phi) is 13.2. The van der Waals surface area contributed by atoms with Gasteiger partial charge in [-0.2, -0.15) is 0 Å². The van der Waals surface area contributed by atoms with Crippen LogP contribution in [0.3, 0.4) is 0 Å². The Bertz CT molecular complexity index is 126. The molecule has 1 aliphatic heterocycles. The molecule has 1 fully saturated rings. The highest BCUT2D eigenvalue weighted by molar-refractivity contribution is 6.17. The van der Waals surface area contributed by atoms with Crippen LogP contribution in [0.4, 0.5) is 0 Å². The number of nitrogens with zero attached hydrogens (tertiary/aromatic N) is 1. The molecule has 1 aliphatic rings. The minimum atomic E-state index is -0.589. The van der Waals surface area contributed by atoms with Crippen molar-refractivity contribution in [2.45, 2.75) is 46.5 Å². The molecule has 0 aromatic carbocycles. The summed E-state index contributed by atoms with van der Waals surface area (Å²) < 4.78 is 9.98. The summed E-state index contributed by atoms with van der Waals surface area (Å²) in [6.07, 6.45) is 5.60. The van der Waals surface area contributed by atoms with E-state index in [0.29, 0.717) is 0 Å². The first-order valence-corrected chi connectivity index (χ1v) is 7.88. The average Bonchev–Trinajstić information content (AvgIpc) is 2.81. The van der Waals surface area contributed by atoms with Gasteiger partial charge in [0, 0.05) is 13.2 Å². The largest absolute Gasteiger partial charge is 0.399 e. The highest BCUT2D eigenvalue weighted by atomic mass is 28.3. The number of unbranched alkanes of at least 4 members (excludes halogenated alkanes) is 1. The first kappa shape index (κ1) is 16.1. The van der Waals surface area contributed by atoms with Crippen molar-refractivity contribution in [3.05, 3.63) is 0 Å². The van der Waals surface area contributed by atoms with Gasteiger partial charge in [0.25, 0.3) is 0 Å². The van der Waals surface area contributed by atoms with Crippen molar-refractivity contribution in [2.24, 2.45) is 0 Å². The first-order chi connectivity index (χ1) is 7.85. The van der Waals surface area contributed by atoms with Crippen LogP contribution in [0.25, 0.3) is 0 Å². The molecule has 0 radical (unpaired) electrons. The molecular formula is C12H29NO2Si. The van der Waals surface area contributed by atoms with Crippen LogP contribution in [0.2, 0.25) is 0 Å². The second kappa shape index (κ2) is 13.2. The normalized spacial score (nSPS) is 15.9. The van der Waals surface area contributed by atoms with E-state index in [1.807, 2.05) is 13.8 Å². The summed E-state index contributed by atoms with van der Waals surface area (Å²) in [5, 5.41) is 0. The lowest BCUT2D eigenvalue weighted by Gasteiger charge is -2.12. The molecule has 0 atom stereocenters. The van der Waals surface area contributed by atoms with Crippen LogP contribution in [0.15, 0.2) is 0 Å². The zero-order chi connectivity index (χ0) is 12.1. The third-order valence-electron chi connectivity index (χ3n) is 2.60. The molecule has 1 heterocycles. The predicted octanol–water partition coefficient (Wildman–Crippen LogP) is 1.94. The maximum absolute atomic E-state index is 4.99. The Morgan fingerprint density at radius 1 is 1.00 bits per heavy atom. The lowest BCUT2D eigenvalue weighted by molar-refractivity contribution is 0.240. The number of hydrogen-bond acceptors (Lipinski definition) is 3. The number of likely N-dealkylation sites (tertiary alicyclic amines) is 1. The third-order valence-corrected chi connectivity index (χ3v) is 3.75. The highest BCUT2D eigenvalue weighted by Crippen LogP contribution is 2.07. The van der Waals surface area contributed by atoms with Crippen molar-refractivity contribution in [1.29, 1.82) is 0 Å². The van der Waals surface area contributed by atoms with Gasteiger partial charge in [-0.05, 0) is 52.7 Å². The van der Waals surface area contributed by atoms with Crippen molar-refractivity contribution < 1.29 is 8.85 Å². The van der Waals surface area contributed by atoms with E-state index < -0.39 is 10.0 Å². The average molecular weight is 247 g/mol. The molecule has 0 N–H and O–H groups in total. The van der Waals surface area contributed by atoms with Crippen molar-refractivity contribution in [2.75, 3.05) is 32.8 Å². The molecule has 0 amide bonds. The van der Waals surface area contributed by atoms with Gasteiger partial charge in [0.05, 0.1) is 0 Å². The molecule has 1 rings (SSSR count). The standard InChI is InChI=1S/C8H17N.C4H12O2Si/c1-2-3-6-9-7-4-5-8-9;1-3-5-7-6-4-2/h2-8H2,1H3;3-4,7H2,1-2H3. The Hall–Kier alpha value is 0.0969. The van der Waals surface area contributed by atoms with E-state index in [1.165, 1.54) is 45.3 Å². The summed E-state index contributed by atoms with van der Waals surface area (Å²) in [4.78, 5) is 2.57. The summed E-state index contributed by atoms with van der Waals surface area (Å²) in [5.41, 5.74) is 0. The Balaban J connectivity index is 0.000000293. The van der Waals surface area contributed by atoms with Crippen LogP contribution in [0.5, 0.6) is 0 Å². The predicted molar refractivity (Wildman–Crippen MR) is 72.4 cm³/mol. The van der Waals surface area contributed by atoms with Crippen LogP contribution < -0.4 is 0 Å². The Morgan fingerprint density at radius 2 is 1.56 bits per heavy atom. The summed E-state index contributed by atoms with van der Waals surface area (Å²) >= 11 is 0. The van der Waals surface area contributed by atoms with Gasteiger partial charge in [-0.15, -0.1) is 0 Å². The van der Waals surface area contributed by atoms with Gasteiger partial charge in [-0.3, -0.25) is 0 Å². The van der Waals surface area contributed by atoms with Crippen molar-refractivity contribution in [3.8, 4) is 0 Å². The molecule has 4 heteroatoms. The van der Waals surface area contributed by atoms with E-state index >= 15 is 0 Å². The summed E-state index contributed by atoms with van der Waals surface area (Å²) in [5.74, 6) is 0. The molecule has 0 spiro atoms. The van der Waals surface area contributed by atoms with Gasteiger partial charge in [0.2, 0.25) is 0 Å². The van der Waals surface area contributed by atoms with Crippen LogP contribution in [0, 0.1) is 0 Å². The smallest absolute Gasteiger partial charge is 0.304 e. The van der Waals surface area contributed by atoms with Crippen molar-refractivity contribution >= 4 is 10.0 Å². The molecule has 0 unspecified atom stereocenters. The maximum atomic E-state index is 4.99. The van der Waals surface area contributed by atoms with Gasteiger partial charge in [0.1, 0.15) is 0 Å². The van der Waals surface area contributed by atoms with Gasteiger partial charge in [0.15, 0.2) is 0 Å². The minimum Gasteiger partial charge on any atom is -0.399 e. The van der Waals surface area contributed by atoms with E-state index in [4.69, 9.17) is 8.85 Å². The quantitative estimate of drug-likeness (QED) is 0.507. The summed E-state index contributed by atoms with van der Waals surface area (Å²) in [6, 6.07) is 0. The van der Waals surface area contributed by atoms with Gasteiger partial charge < -0.3 is 13.8 Å². The molecule has 0 aromatic heterocycles. The monoisotopic (exact) mass is 247 g/mol. The Morgan fingerprint density at radius 3 is 2.00 bits per heavy atom. The van der Waals surface area contributed by atoms with Crippen LogP contribution in [0.1, 0.15) is 46.5 Å². The lowest BCUT2D eigenvalue weighted by atomic mass is 10.3. The van der Waals surface area contributed by atoms with E-state index in [0.717, 1.165) is 13.2 Å². The van der Waals surface area contributed by atoms with Crippen molar-refractivity contribution in [3.63, 3.8) is 0 Å². The van der Waals surface area contributed by atoms with E-state index in [1.54, 1.807) is 0 Å². The minimum absolute atomic E-state index is 0.589. The molecule has 0 aromatic rings. The lowest BCUT2D eigenvalue weighted by Crippen LogP contribution is -2.19. The molecule has 0 bridgehead atoms. The number of rotatable bonds is 7. The highest BCUT2D eigenvalue weighted by Gasteiger charge is 2.09. The first-order valence-electron chi connectivity index (χ1n) is 6.72. The fraction of sp³-hybridized carbons (Fsp3) is 1.00. The third kappa shape index (κ3) is 10.6. The van der Waals surface area contributed by atoms with Gasteiger partial charge in [-0.25, -0.2) is 0 Å². The second-order valence-corrected chi connectivity index (χ2v) is 5.06. The molecular weight excluding hydrogens is 218 g/mol. The summed E-state index contributed by atoms with van der Waals surface area (Å²) in [7, 11) is -0.589. The molecule has 3 nitrogen and oxygen atoms in total. The zero-order valence-corrected chi connectivity index (χ0v) is 12.7. The van der Waals surface area contributed by atoms with Crippen LogP contribution in [-0.2, 0) is 8.85 Å². The van der Waals surface area contributed by atoms with Gasteiger partial charge in [-0.1, -0.05) is 13.3 Å². The SMILES string of the molecule is CCCCN1CCCC1.CCO[SiH2]OCC. The van der Waals surface area contributed by atoms with E-state index in [-0.39, 0.29) is 0 Å². The van der Waals surface area contributed by atoms with Crippen LogP contribution >= 0.6 is 0 Å². The van der Waals surface area contributed by atoms with E-state index in [2.05, 4.69) is 11.8 Å². The number of hydrogen-bond donors (Lipinski definition) is 0. The van der Waals surface area contributed by atoms with Gasteiger partial charge >= 0.3 is 10.0 Å². The summed E-state index contributed by atoms with van der Waals surface area (Å²) in [6.45, 7) is 11.9. The zero-order valence-electron chi connectivity index (χ0n) is 11.3. The fourth-order valence-electron chi connectivity index (χ4n) is 1.61. The molecule has 98 valence electrons. The molecule has 0 aliphatic carbocycles. The molecule has 1 saturated heterocycles. The van der Waals surface area contributed by atoms with Crippen LogP contribution in [-0.4, -0.2) is 47.8 Å². The van der Waals surface area contributed by atoms with E-state index in [9.17, 15) is 0 Å². The second-order valence-electron chi connectivity index (χ2n) is 4.01. The van der Waals surface area contributed by atoms with Crippen molar-refractivity contribution in [1.82, 2.24) is 4.90 Å². The molecule has 0 saturated carbocycles. The maximum Gasteiger partial charge on any atom is 0.304 e. The topological polar surface area (TPSA) is 21.7 Å². The molecule has 16 heavy (non-hydrogen) atoms.